The fraction of sp³-hybridized carbons (Fsp3) is 0.562. The lowest BCUT2D eigenvalue weighted by atomic mass is 10.0. The van der Waals surface area contributed by atoms with Crippen LogP contribution in [0, 0.1) is 16.7 Å². The summed E-state index contributed by atoms with van der Waals surface area (Å²) in [4.78, 5) is 12.3. The number of rotatable bonds is 4. The molecule has 0 spiro atoms. The predicted octanol–water partition coefficient (Wildman–Crippen LogP) is 2.58. The van der Waals surface area contributed by atoms with Crippen molar-refractivity contribution < 1.29 is 9.53 Å². The first-order valence-corrected chi connectivity index (χ1v) is 6.92. The van der Waals surface area contributed by atoms with Crippen molar-refractivity contribution in [3.05, 3.63) is 23.8 Å². The standard InChI is InChI=1S/C16H24N2O2/c1-15(2)13(16(15,3)4)14(19)18-9-10-8-11(17)6-7-12(10)20-5/h6-8,13H,9,17H2,1-5H3,(H,18,19). The summed E-state index contributed by atoms with van der Waals surface area (Å²) in [6, 6.07) is 5.45. The van der Waals surface area contributed by atoms with E-state index in [1.54, 1.807) is 13.2 Å². The largest absolute Gasteiger partial charge is 0.496 e. The Morgan fingerprint density at radius 3 is 2.40 bits per heavy atom. The highest BCUT2D eigenvalue weighted by Crippen LogP contribution is 2.68. The smallest absolute Gasteiger partial charge is 0.224 e. The van der Waals surface area contributed by atoms with E-state index in [0.717, 1.165) is 11.3 Å². The van der Waals surface area contributed by atoms with Gasteiger partial charge in [0.25, 0.3) is 0 Å². The Balaban J connectivity index is 2.04. The molecule has 1 aliphatic rings. The van der Waals surface area contributed by atoms with Crippen molar-refractivity contribution in [2.45, 2.75) is 34.2 Å². The van der Waals surface area contributed by atoms with Crippen molar-refractivity contribution in [3.8, 4) is 5.75 Å². The first kappa shape index (κ1) is 14.7. The van der Waals surface area contributed by atoms with Crippen LogP contribution in [0.5, 0.6) is 5.75 Å². The Hall–Kier alpha value is -1.71. The minimum atomic E-state index is 0.0525. The number of hydrogen-bond donors (Lipinski definition) is 2. The minimum absolute atomic E-state index is 0.0525. The average molecular weight is 276 g/mol. The minimum Gasteiger partial charge on any atom is -0.496 e. The summed E-state index contributed by atoms with van der Waals surface area (Å²) < 4.78 is 5.28. The quantitative estimate of drug-likeness (QED) is 0.831. The molecule has 0 radical (unpaired) electrons. The number of nitrogens with one attached hydrogen (secondary N) is 1. The molecule has 0 heterocycles. The van der Waals surface area contributed by atoms with Crippen molar-refractivity contribution in [1.82, 2.24) is 5.32 Å². The Kier molecular flexibility index (Phi) is 3.44. The lowest BCUT2D eigenvalue weighted by molar-refractivity contribution is -0.123. The first-order chi connectivity index (χ1) is 9.21. The number of anilines is 1. The molecule has 4 heteroatoms. The van der Waals surface area contributed by atoms with Crippen LogP contribution in [0.1, 0.15) is 33.3 Å². The SMILES string of the molecule is COc1ccc(N)cc1CNC(=O)C1C(C)(C)C1(C)C. The summed E-state index contributed by atoms with van der Waals surface area (Å²) in [7, 11) is 1.62. The molecule has 0 atom stereocenters. The number of hydrogen-bond acceptors (Lipinski definition) is 3. The van der Waals surface area contributed by atoms with E-state index in [1.165, 1.54) is 0 Å². The number of carbonyl (C=O) groups excluding carboxylic acids is 1. The Morgan fingerprint density at radius 1 is 1.30 bits per heavy atom. The van der Waals surface area contributed by atoms with Gasteiger partial charge in [0.1, 0.15) is 5.75 Å². The highest BCUT2D eigenvalue weighted by molar-refractivity contribution is 5.84. The molecule has 1 aromatic carbocycles. The molecule has 110 valence electrons. The van der Waals surface area contributed by atoms with Gasteiger partial charge >= 0.3 is 0 Å². The lowest BCUT2D eigenvalue weighted by Crippen LogP contribution is -2.27. The van der Waals surface area contributed by atoms with Gasteiger partial charge in [-0.3, -0.25) is 4.79 Å². The Labute approximate surface area is 120 Å². The number of nitrogens with two attached hydrogens (primary N) is 1. The van der Waals surface area contributed by atoms with E-state index in [9.17, 15) is 4.79 Å². The molecule has 0 unspecified atom stereocenters. The summed E-state index contributed by atoms with van der Waals surface area (Å²) in [6.07, 6.45) is 0. The molecule has 1 amide bonds. The van der Waals surface area contributed by atoms with E-state index in [0.29, 0.717) is 12.2 Å². The second-order valence-electron chi connectivity index (χ2n) is 6.67. The molecule has 0 aliphatic heterocycles. The van der Waals surface area contributed by atoms with Gasteiger partial charge in [-0.25, -0.2) is 0 Å². The zero-order chi connectivity index (χ0) is 15.1. The van der Waals surface area contributed by atoms with Crippen LogP contribution < -0.4 is 15.8 Å². The van der Waals surface area contributed by atoms with Gasteiger partial charge in [-0.15, -0.1) is 0 Å². The van der Waals surface area contributed by atoms with Crippen LogP contribution >= 0.6 is 0 Å². The van der Waals surface area contributed by atoms with Crippen molar-refractivity contribution in [2.24, 2.45) is 16.7 Å². The van der Waals surface area contributed by atoms with Gasteiger partial charge in [-0.1, -0.05) is 27.7 Å². The fourth-order valence-electron chi connectivity index (χ4n) is 3.07. The van der Waals surface area contributed by atoms with Crippen molar-refractivity contribution in [3.63, 3.8) is 0 Å². The molecule has 1 aromatic rings. The second kappa shape index (κ2) is 4.69. The molecule has 2 rings (SSSR count). The summed E-state index contributed by atoms with van der Waals surface area (Å²) in [5, 5.41) is 3.00. The topological polar surface area (TPSA) is 64.3 Å². The van der Waals surface area contributed by atoms with E-state index < -0.39 is 0 Å². The molecular formula is C16H24N2O2. The third-order valence-corrected chi connectivity index (χ3v) is 5.04. The monoisotopic (exact) mass is 276 g/mol. The van der Waals surface area contributed by atoms with Gasteiger partial charge in [0.05, 0.1) is 7.11 Å². The molecule has 0 saturated heterocycles. The van der Waals surface area contributed by atoms with Crippen LogP contribution in [-0.4, -0.2) is 13.0 Å². The number of amides is 1. The molecule has 0 bridgehead atoms. The Bertz CT molecular complexity index is 521. The molecule has 1 saturated carbocycles. The molecule has 1 fully saturated rings. The highest BCUT2D eigenvalue weighted by atomic mass is 16.5. The van der Waals surface area contributed by atoms with Crippen LogP contribution in [-0.2, 0) is 11.3 Å². The molecular weight excluding hydrogens is 252 g/mol. The first-order valence-electron chi connectivity index (χ1n) is 6.92. The predicted molar refractivity (Wildman–Crippen MR) is 80.3 cm³/mol. The summed E-state index contributed by atoms with van der Waals surface area (Å²) in [6.45, 7) is 8.99. The van der Waals surface area contributed by atoms with E-state index >= 15 is 0 Å². The van der Waals surface area contributed by atoms with Gasteiger partial charge < -0.3 is 15.8 Å². The summed E-state index contributed by atoms with van der Waals surface area (Å²) in [5.41, 5.74) is 7.45. The maximum Gasteiger partial charge on any atom is 0.224 e. The fourth-order valence-corrected chi connectivity index (χ4v) is 3.07. The number of ether oxygens (including phenoxy) is 1. The maximum atomic E-state index is 12.3. The number of carbonyl (C=O) groups is 1. The highest BCUT2D eigenvalue weighted by Gasteiger charge is 2.68. The molecule has 20 heavy (non-hydrogen) atoms. The zero-order valence-corrected chi connectivity index (χ0v) is 12.9. The lowest BCUT2D eigenvalue weighted by Gasteiger charge is -2.11. The van der Waals surface area contributed by atoms with Crippen LogP contribution in [0.15, 0.2) is 18.2 Å². The van der Waals surface area contributed by atoms with E-state index in [-0.39, 0.29) is 22.7 Å². The third-order valence-electron chi connectivity index (χ3n) is 5.04. The summed E-state index contributed by atoms with van der Waals surface area (Å²) in [5.74, 6) is 0.903. The third kappa shape index (κ3) is 2.23. The molecule has 1 aliphatic carbocycles. The van der Waals surface area contributed by atoms with E-state index in [2.05, 4.69) is 33.0 Å². The molecule has 0 aromatic heterocycles. The van der Waals surface area contributed by atoms with Crippen molar-refractivity contribution >= 4 is 11.6 Å². The van der Waals surface area contributed by atoms with Crippen LogP contribution in [0.25, 0.3) is 0 Å². The van der Waals surface area contributed by atoms with Crippen molar-refractivity contribution in [1.29, 1.82) is 0 Å². The van der Waals surface area contributed by atoms with Gasteiger partial charge in [0, 0.05) is 23.7 Å². The number of methoxy groups -OCH3 is 1. The van der Waals surface area contributed by atoms with Crippen LogP contribution in [0.2, 0.25) is 0 Å². The van der Waals surface area contributed by atoms with Gasteiger partial charge in [0.15, 0.2) is 0 Å². The average Bonchev–Trinajstić information content (AvgIpc) is 2.77. The van der Waals surface area contributed by atoms with Crippen LogP contribution in [0.3, 0.4) is 0 Å². The normalized spacial score (nSPS) is 19.4. The summed E-state index contributed by atoms with van der Waals surface area (Å²) >= 11 is 0. The molecule has 3 N–H and O–H groups in total. The van der Waals surface area contributed by atoms with E-state index in [1.807, 2.05) is 12.1 Å². The van der Waals surface area contributed by atoms with E-state index in [4.69, 9.17) is 10.5 Å². The number of benzene rings is 1. The van der Waals surface area contributed by atoms with Gasteiger partial charge in [-0.2, -0.15) is 0 Å². The van der Waals surface area contributed by atoms with Crippen molar-refractivity contribution in [2.75, 3.05) is 12.8 Å². The molecule has 4 nitrogen and oxygen atoms in total. The number of nitrogen functional groups attached to an aromatic ring is 1. The van der Waals surface area contributed by atoms with Crippen LogP contribution in [0.4, 0.5) is 5.69 Å². The maximum absolute atomic E-state index is 12.3. The van der Waals surface area contributed by atoms with Gasteiger partial charge in [0.2, 0.25) is 5.91 Å². The second-order valence-corrected chi connectivity index (χ2v) is 6.67. The van der Waals surface area contributed by atoms with Gasteiger partial charge in [-0.05, 0) is 29.0 Å². The zero-order valence-electron chi connectivity index (χ0n) is 12.9. The Morgan fingerprint density at radius 2 is 1.90 bits per heavy atom.